The molecule has 2 aromatic rings. The van der Waals surface area contributed by atoms with Gasteiger partial charge in [-0.1, -0.05) is 32.0 Å². The van der Waals surface area contributed by atoms with Gasteiger partial charge in [0, 0.05) is 25.0 Å². The third kappa shape index (κ3) is 4.49. The minimum atomic E-state index is -4.75. The average molecular weight is 422 g/mol. The molecule has 0 atom stereocenters. The van der Waals surface area contributed by atoms with Crippen LogP contribution in [-0.4, -0.2) is 45.6 Å². The number of amides is 2. The highest BCUT2D eigenvalue weighted by Gasteiger charge is 2.41. The van der Waals surface area contributed by atoms with Gasteiger partial charge >= 0.3 is 6.18 Å². The van der Waals surface area contributed by atoms with Crippen LogP contribution in [0.3, 0.4) is 0 Å². The Hall–Kier alpha value is -2.84. The van der Waals surface area contributed by atoms with Crippen LogP contribution >= 0.6 is 0 Å². The summed E-state index contributed by atoms with van der Waals surface area (Å²) >= 11 is 0. The van der Waals surface area contributed by atoms with Crippen molar-refractivity contribution < 1.29 is 22.8 Å². The molecular formula is C21H25F3N4O2. The molecule has 1 aliphatic heterocycles. The molecule has 0 saturated carbocycles. The number of likely N-dealkylation sites (tertiary alicyclic amines) is 1. The molecule has 6 nitrogen and oxygen atoms in total. The number of aromatic nitrogens is 2. The van der Waals surface area contributed by atoms with E-state index < -0.39 is 23.3 Å². The van der Waals surface area contributed by atoms with Crippen LogP contribution < -0.4 is 5.32 Å². The van der Waals surface area contributed by atoms with Crippen molar-refractivity contribution in [3.05, 3.63) is 47.3 Å². The average Bonchev–Trinajstić information content (AvgIpc) is 3.14. The summed E-state index contributed by atoms with van der Waals surface area (Å²) in [5.74, 6) is -0.882. The van der Waals surface area contributed by atoms with E-state index in [0.29, 0.717) is 31.5 Å². The second-order valence-corrected chi connectivity index (χ2v) is 7.83. The summed E-state index contributed by atoms with van der Waals surface area (Å²) in [4.78, 5) is 26.5. The Labute approximate surface area is 173 Å². The van der Waals surface area contributed by atoms with Crippen molar-refractivity contribution in [3.8, 4) is 5.69 Å². The normalized spacial score (nSPS) is 15.5. The summed E-state index contributed by atoms with van der Waals surface area (Å²) in [5.41, 5.74) is -0.724. The molecule has 0 bridgehead atoms. The van der Waals surface area contributed by atoms with Crippen LogP contribution in [0, 0.1) is 12.8 Å². The van der Waals surface area contributed by atoms with Gasteiger partial charge in [-0.05, 0) is 31.4 Å². The standard InChI is InChI=1S/C21H25F3N4O2/c1-13(2)20(30)27-10-8-15(9-11-27)26-19(29)16-12-25-28(18(16)21(22,23)24)17-7-5-4-6-14(17)3/h4-7,12-13,15H,8-11H2,1-3H3,(H,26,29). The van der Waals surface area contributed by atoms with Gasteiger partial charge < -0.3 is 10.2 Å². The van der Waals surface area contributed by atoms with E-state index in [-0.39, 0.29) is 23.6 Å². The summed E-state index contributed by atoms with van der Waals surface area (Å²) < 4.78 is 42.3. The van der Waals surface area contributed by atoms with Crippen molar-refractivity contribution in [1.29, 1.82) is 0 Å². The number of para-hydroxylation sites is 1. The number of carbonyl (C=O) groups excluding carboxylic acids is 2. The number of aryl methyl sites for hydroxylation is 1. The summed E-state index contributed by atoms with van der Waals surface area (Å²) in [7, 11) is 0. The van der Waals surface area contributed by atoms with Gasteiger partial charge in [0.1, 0.15) is 0 Å². The van der Waals surface area contributed by atoms with Crippen molar-refractivity contribution >= 4 is 11.8 Å². The zero-order valence-corrected chi connectivity index (χ0v) is 17.2. The number of rotatable bonds is 4. The van der Waals surface area contributed by atoms with E-state index in [4.69, 9.17) is 0 Å². The highest BCUT2D eigenvalue weighted by Crippen LogP contribution is 2.34. The first-order valence-corrected chi connectivity index (χ1v) is 9.90. The van der Waals surface area contributed by atoms with E-state index in [1.165, 1.54) is 6.07 Å². The zero-order chi connectivity index (χ0) is 22.1. The smallest absolute Gasteiger partial charge is 0.349 e. The zero-order valence-electron chi connectivity index (χ0n) is 17.2. The first kappa shape index (κ1) is 21.9. The second-order valence-electron chi connectivity index (χ2n) is 7.83. The fourth-order valence-corrected chi connectivity index (χ4v) is 3.64. The molecule has 1 aromatic heterocycles. The number of nitrogens with zero attached hydrogens (tertiary/aromatic N) is 3. The first-order chi connectivity index (χ1) is 14.1. The van der Waals surface area contributed by atoms with E-state index in [9.17, 15) is 22.8 Å². The molecule has 9 heteroatoms. The van der Waals surface area contributed by atoms with Gasteiger partial charge in [0.05, 0.1) is 17.4 Å². The van der Waals surface area contributed by atoms with Gasteiger partial charge in [0.2, 0.25) is 5.91 Å². The van der Waals surface area contributed by atoms with E-state index in [2.05, 4.69) is 10.4 Å². The van der Waals surface area contributed by atoms with Gasteiger partial charge in [-0.15, -0.1) is 0 Å². The molecule has 0 aliphatic carbocycles. The van der Waals surface area contributed by atoms with Crippen LogP contribution in [0.15, 0.2) is 30.5 Å². The third-order valence-electron chi connectivity index (χ3n) is 5.26. The van der Waals surface area contributed by atoms with Crippen molar-refractivity contribution in [3.63, 3.8) is 0 Å². The SMILES string of the molecule is Cc1ccccc1-n1ncc(C(=O)NC2CCN(C(=O)C(C)C)CC2)c1C(F)(F)F. The van der Waals surface area contributed by atoms with Gasteiger partial charge in [0.25, 0.3) is 5.91 Å². The number of halogens is 3. The molecule has 1 fully saturated rings. The van der Waals surface area contributed by atoms with Gasteiger partial charge in [-0.2, -0.15) is 18.3 Å². The van der Waals surface area contributed by atoms with Crippen LogP contribution in [0.2, 0.25) is 0 Å². The van der Waals surface area contributed by atoms with E-state index in [1.807, 2.05) is 13.8 Å². The molecule has 2 heterocycles. The third-order valence-corrected chi connectivity index (χ3v) is 5.26. The summed E-state index contributed by atoms with van der Waals surface area (Å²) in [6, 6.07) is 6.26. The van der Waals surface area contributed by atoms with Crippen LogP contribution in [0.1, 0.15) is 48.3 Å². The molecule has 0 radical (unpaired) electrons. The molecule has 1 saturated heterocycles. The molecule has 0 unspecified atom stereocenters. The number of hydrogen-bond acceptors (Lipinski definition) is 3. The Morgan fingerprint density at radius 1 is 1.17 bits per heavy atom. The number of benzene rings is 1. The Kier molecular flexibility index (Phi) is 6.19. The van der Waals surface area contributed by atoms with Crippen LogP contribution in [-0.2, 0) is 11.0 Å². The maximum Gasteiger partial charge on any atom is 0.434 e. The molecule has 1 aromatic carbocycles. The van der Waals surface area contributed by atoms with E-state index >= 15 is 0 Å². The summed E-state index contributed by atoms with van der Waals surface area (Å²) in [6.07, 6.45) is -2.80. The molecule has 1 N–H and O–H groups in total. The molecule has 2 amide bonds. The number of piperidine rings is 1. The maximum absolute atomic E-state index is 13.8. The summed E-state index contributed by atoms with van der Waals surface area (Å²) in [5, 5.41) is 6.55. The van der Waals surface area contributed by atoms with Crippen molar-refractivity contribution in [1.82, 2.24) is 20.0 Å². The van der Waals surface area contributed by atoms with Gasteiger partial charge in [-0.3, -0.25) is 9.59 Å². The number of nitrogens with one attached hydrogen (secondary N) is 1. The van der Waals surface area contributed by atoms with Crippen molar-refractivity contribution in [2.45, 2.75) is 45.8 Å². The molecule has 0 spiro atoms. The lowest BCUT2D eigenvalue weighted by Gasteiger charge is -2.33. The predicted molar refractivity (Wildman–Crippen MR) is 105 cm³/mol. The topological polar surface area (TPSA) is 67.2 Å². The largest absolute Gasteiger partial charge is 0.434 e. The summed E-state index contributed by atoms with van der Waals surface area (Å²) in [6.45, 7) is 6.26. The number of alkyl halides is 3. The minimum Gasteiger partial charge on any atom is -0.349 e. The minimum absolute atomic E-state index is 0.0404. The fourth-order valence-electron chi connectivity index (χ4n) is 3.64. The van der Waals surface area contributed by atoms with Gasteiger partial charge in [-0.25, -0.2) is 4.68 Å². The lowest BCUT2D eigenvalue weighted by molar-refractivity contribution is -0.143. The molecule has 162 valence electrons. The fraction of sp³-hybridized carbons (Fsp3) is 0.476. The molecule has 3 rings (SSSR count). The molecular weight excluding hydrogens is 397 g/mol. The Morgan fingerprint density at radius 2 is 1.80 bits per heavy atom. The van der Waals surface area contributed by atoms with Crippen LogP contribution in [0.5, 0.6) is 0 Å². The Bertz CT molecular complexity index is 929. The van der Waals surface area contributed by atoms with Crippen LogP contribution in [0.4, 0.5) is 13.2 Å². The highest BCUT2D eigenvalue weighted by atomic mass is 19.4. The monoisotopic (exact) mass is 422 g/mol. The quantitative estimate of drug-likeness (QED) is 0.819. The Balaban J connectivity index is 1.79. The second kappa shape index (κ2) is 8.49. The maximum atomic E-state index is 13.8. The van der Waals surface area contributed by atoms with Crippen molar-refractivity contribution in [2.24, 2.45) is 5.92 Å². The predicted octanol–water partition coefficient (Wildman–Crippen LogP) is 3.58. The lowest BCUT2D eigenvalue weighted by atomic mass is 10.0. The highest BCUT2D eigenvalue weighted by molar-refractivity contribution is 5.95. The number of carbonyl (C=O) groups is 2. The first-order valence-electron chi connectivity index (χ1n) is 9.90. The molecule has 1 aliphatic rings. The Morgan fingerprint density at radius 3 is 2.37 bits per heavy atom. The van der Waals surface area contributed by atoms with E-state index in [0.717, 1.165) is 10.9 Å². The van der Waals surface area contributed by atoms with Gasteiger partial charge in [0.15, 0.2) is 5.69 Å². The number of hydrogen-bond donors (Lipinski definition) is 1. The molecule has 30 heavy (non-hydrogen) atoms. The lowest BCUT2D eigenvalue weighted by Crippen LogP contribution is -2.47. The van der Waals surface area contributed by atoms with Crippen molar-refractivity contribution in [2.75, 3.05) is 13.1 Å². The van der Waals surface area contributed by atoms with Crippen LogP contribution in [0.25, 0.3) is 5.69 Å². The van der Waals surface area contributed by atoms with E-state index in [1.54, 1.807) is 30.0 Å².